The molecule has 1 atom stereocenters. The number of nitrogens with zero attached hydrogens (tertiary/aromatic N) is 5. The Balaban J connectivity index is 1.61. The molecule has 0 saturated carbocycles. The number of sulfone groups is 1. The second-order valence-corrected chi connectivity index (χ2v) is 9.96. The molecule has 0 N–H and O–H groups in total. The van der Waals surface area contributed by atoms with Gasteiger partial charge in [-0.2, -0.15) is 0 Å². The molecule has 1 amide bonds. The monoisotopic (exact) mass is 415 g/mol. The average molecular weight is 416 g/mol. The lowest BCUT2D eigenvalue weighted by Gasteiger charge is -2.23. The topological polar surface area (TPSA) is 96.4 Å². The molecule has 8 nitrogen and oxygen atoms in total. The van der Waals surface area contributed by atoms with Crippen LogP contribution in [0.4, 0.5) is 5.95 Å². The molecule has 2 aromatic rings. The summed E-state index contributed by atoms with van der Waals surface area (Å²) in [6, 6.07) is 5.64. The number of anilines is 1. The van der Waals surface area contributed by atoms with Gasteiger partial charge in [-0.25, -0.2) is 18.4 Å². The molecular formula is C20H25N5O3S. The van der Waals surface area contributed by atoms with Crippen molar-refractivity contribution in [2.24, 2.45) is 5.92 Å². The van der Waals surface area contributed by atoms with Crippen LogP contribution in [0, 0.1) is 5.92 Å². The molecule has 29 heavy (non-hydrogen) atoms. The zero-order chi connectivity index (χ0) is 20.4. The zero-order valence-corrected chi connectivity index (χ0v) is 17.3. The van der Waals surface area contributed by atoms with Crippen LogP contribution in [0.1, 0.15) is 25.0 Å². The molecular weight excluding hydrogens is 390 g/mol. The molecule has 2 aliphatic rings. The highest BCUT2D eigenvalue weighted by Crippen LogP contribution is 2.26. The van der Waals surface area contributed by atoms with Gasteiger partial charge in [0.1, 0.15) is 0 Å². The van der Waals surface area contributed by atoms with Crippen LogP contribution in [0.3, 0.4) is 0 Å². The van der Waals surface area contributed by atoms with E-state index in [1.165, 1.54) is 0 Å². The van der Waals surface area contributed by atoms with Crippen molar-refractivity contribution in [2.45, 2.75) is 25.8 Å². The third-order valence-electron chi connectivity index (χ3n) is 5.53. The molecule has 1 unspecified atom stereocenters. The van der Waals surface area contributed by atoms with E-state index >= 15 is 0 Å². The molecule has 2 fully saturated rings. The van der Waals surface area contributed by atoms with Crippen molar-refractivity contribution in [3.05, 3.63) is 36.3 Å². The van der Waals surface area contributed by atoms with E-state index in [4.69, 9.17) is 4.98 Å². The highest BCUT2D eigenvalue weighted by molar-refractivity contribution is 7.91. The lowest BCUT2D eigenvalue weighted by molar-refractivity contribution is -0.133. The first kappa shape index (κ1) is 19.8. The number of amides is 1. The summed E-state index contributed by atoms with van der Waals surface area (Å²) in [6.07, 6.45) is 6.12. The summed E-state index contributed by atoms with van der Waals surface area (Å²) < 4.78 is 23.5. The number of carbonyl (C=O) groups is 1. The van der Waals surface area contributed by atoms with Crippen LogP contribution in [-0.4, -0.2) is 65.8 Å². The fourth-order valence-corrected chi connectivity index (χ4v) is 5.67. The number of hydrogen-bond donors (Lipinski definition) is 0. The second-order valence-electron chi connectivity index (χ2n) is 7.73. The van der Waals surface area contributed by atoms with Gasteiger partial charge in [-0.05, 0) is 31.4 Å². The number of pyridine rings is 1. The molecule has 9 heteroatoms. The third kappa shape index (κ3) is 4.39. The van der Waals surface area contributed by atoms with E-state index in [1.54, 1.807) is 24.3 Å². The smallest absolute Gasteiger partial charge is 0.226 e. The largest absolute Gasteiger partial charge is 0.341 e. The Morgan fingerprint density at radius 1 is 1.24 bits per heavy atom. The minimum atomic E-state index is -3.11. The van der Waals surface area contributed by atoms with E-state index in [0.717, 1.165) is 42.9 Å². The van der Waals surface area contributed by atoms with Gasteiger partial charge in [0.25, 0.3) is 0 Å². The minimum absolute atomic E-state index is 0.0634. The van der Waals surface area contributed by atoms with E-state index in [0.29, 0.717) is 12.4 Å². The van der Waals surface area contributed by atoms with Crippen molar-refractivity contribution in [3.8, 4) is 11.3 Å². The van der Waals surface area contributed by atoms with Crippen LogP contribution in [0.15, 0.2) is 30.6 Å². The lowest BCUT2D eigenvalue weighted by atomic mass is 10.1. The first-order valence-corrected chi connectivity index (χ1v) is 11.7. The standard InChI is InChI=1S/C20H25N5O3S/c1-24(19(26)15-7-11-29(27,28)14-15)13-18-16(17-6-2-3-8-21-17)12-22-20(23-18)25-9-4-5-10-25/h2-3,6,8,12,15H,4-5,7,9-11,13-14H2,1H3. The van der Waals surface area contributed by atoms with Crippen LogP contribution in [0.25, 0.3) is 11.3 Å². The summed E-state index contributed by atoms with van der Waals surface area (Å²) in [4.78, 5) is 30.3. The molecule has 0 aliphatic carbocycles. The van der Waals surface area contributed by atoms with Gasteiger partial charge < -0.3 is 9.80 Å². The Kier molecular flexibility index (Phi) is 5.49. The van der Waals surface area contributed by atoms with Crippen LogP contribution >= 0.6 is 0 Å². The molecule has 0 radical (unpaired) electrons. The lowest BCUT2D eigenvalue weighted by Crippen LogP contribution is -2.33. The van der Waals surface area contributed by atoms with Crippen molar-refractivity contribution in [1.29, 1.82) is 0 Å². The van der Waals surface area contributed by atoms with Gasteiger partial charge in [0.15, 0.2) is 9.84 Å². The van der Waals surface area contributed by atoms with Crippen LogP contribution in [0.5, 0.6) is 0 Å². The van der Waals surface area contributed by atoms with Gasteiger partial charge in [0, 0.05) is 38.1 Å². The summed E-state index contributed by atoms with van der Waals surface area (Å²) in [5.41, 5.74) is 2.25. The second kappa shape index (κ2) is 8.06. The summed E-state index contributed by atoms with van der Waals surface area (Å²) >= 11 is 0. The van der Waals surface area contributed by atoms with E-state index < -0.39 is 15.8 Å². The van der Waals surface area contributed by atoms with Crippen LogP contribution < -0.4 is 4.90 Å². The Morgan fingerprint density at radius 3 is 2.69 bits per heavy atom. The van der Waals surface area contributed by atoms with Gasteiger partial charge in [-0.3, -0.25) is 9.78 Å². The molecule has 0 spiro atoms. The molecule has 154 valence electrons. The van der Waals surface area contributed by atoms with Gasteiger partial charge in [-0.15, -0.1) is 0 Å². The van der Waals surface area contributed by atoms with Gasteiger partial charge >= 0.3 is 0 Å². The maximum atomic E-state index is 12.8. The van der Waals surface area contributed by atoms with Crippen molar-refractivity contribution < 1.29 is 13.2 Å². The van der Waals surface area contributed by atoms with E-state index in [-0.39, 0.29) is 24.0 Å². The van der Waals surface area contributed by atoms with E-state index in [1.807, 2.05) is 18.2 Å². The molecule has 4 heterocycles. The fourth-order valence-electron chi connectivity index (χ4n) is 3.94. The highest BCUT2D eigenvalue weighted by Gasteiger charge is 2.34. The molecule has 2 aliphatic heterocycles. The van der Waals surface area contributed by atoms with Crippen molar-refractivity contribution in [3.63, 3.8) is 0 Å². The van der Waals surface area contributed by atoms with Gasteiger partial charge in [0.05, 0.1) is 35.4 Å². The van der Waals surface area contributed by atoms with Crippen molar-refractivity contribution in [1.82, 2.24) is 19.9 Å². The Morgan fingerprint density at radius 2 is 2.03 bits per heavy atom. The summed E-state index contributed by atoms with van der Waals surface area (Å²) in [7, 11) is -1.40. The predicted octanol–water partition coefficient (Wildman–Crippen LogP) is 1.53. The van der Waals surface area contributed by atoms with Crippen LogP contribution in [-0.2, 0) is 21.2 Å². The molecule has 2 saturated heterocycles. The number of aromatic nitrogens is 3. The third-order valence-corrected chi connectivity index (χ3v) is 7.30. The number of carbonyl (C=O) groups excluding carboxylic acids is 1. The van der Waals surface area contributed by atoms with Gasteiger partial charge in [0.2, 0.25) is 11.9 Å². The van der Waals surface area contributed by atoms with Crippen molar-refractivity contribution >= 4 is 21.7 Å². The maximum absolute atomic E-state index is 12.8. The van der Waals surface area contributed by atoms with Gasteiger partial charge in [-0.1, -0.05) is 6.07 Å². The van der Waals surface area contributed by atoms with E-state index in [2.05, 4.69) is 14.9 Å². The van der Waals surface area contributed by atoms with Crippen molar-refractivity contribution in [2.75, 3.05) is 36.5 Å². The molecule has 0 aromatic carbocycles. The first-order valence-electron chi connectivity index (χ1n) is 9.90. The summed E-state index contributed by atoms with van der Waals surface area (Å²) in [5.74, 6) is 0.0683. The fraction of sp³-hybridized carbons (Fsp3) is 0.500. The Labute approximate surface area is 170 Å². The molecule has 0 bridgehead atoms. The number of hydrogen-bond acceptors (Lipinski definition) is 7. The summed E-state index contributed by atoms with van der Waals surface area (Å²) in [6.45, 7) is 2.14. The molecule has 4 rings (SSSR count). The normalized spacial score (nSPS) is 20.7. The highest BCUT2D eigenvalue weighted by atomic mass is 32.2. The predicted molar refractivity (Wildman–Crippen MR) is 110 cm³/mol. The maximum Gasteiger partial charge on any atom is 0.226 e. The van der Waals surface area contributed by atoms with Crippen LogP contribution in [0.2, 0.25) is 0 Å². The number of rotatable bonds is 5. The Hall–Kier alpha value is -2.55. The quantitative estimate of drug-likeness (QED) is 0.731. The Bertz CT molecular complexity index is 990. The zero-order valence-electron chi connectivity index (χ0n) is 16.5. The van der Waals surface area contributed by atoms with E-state index in [9.17, 15) is 13.2 Å². The summed E-state index contributed by atoms with van der Waals surface area (Å²) in [5, 5.41) is 0. The SMILES string of the molecule is CN(Cc1nc(N2CCCC2)ncc1-c1ccccn1)C(=O)C1CCS(=O)(=O)C1. The average Bonchev–Trinajstić information content (AvgIpc) is 3.37. The minimum Gasteiger partial charge on any atom is -0.341 e. The first-order chi connectivity index (χ1) is 13.9. The molecule has 2 aromatic heterocycles.